The van der Waals surface area contributed by atoms with Gasteiger partial charge in [-0.3, -0.25) is 9.59 Å². The van der Waals surface area contributed by atoms with Gasteiger partial charge in [0.15, 0.2) is 0 Å². The van der Waals surface area contributed by atoms with E-state index in [4.69, 9.17) is 10.8 Å². The molecular weight excluding hydrogens is 268 g/mol. The van der Waals surface area contributed by atoms with Crippen LogP contribution in [0.1, 0.15) is 39.1 Å². The van der Waals surface area contributed by atoms with Gasteiger partial charge in [-0.05, 0) is 18.6 Å². The topological polar surface area (TPSA) is 101 Å². The van der Waals surface area contributed by atoms with Gasteiger partial charge in [-0.1, -0.05) is 13.3 Å². The fraction of sp³-hybridized carbons (Fsp3) is 0.417. The number of nitrogens with two attached hydrogens (primary N) is 1. The van der Waals surface area contributed by atoms with Crippen LogP contribution >= 0.6 is 11.3 Å². The van der Waals surface area contributed by atoms with Gasteiger partial charge < -0.3 is 15.7 Å². The molecule has 3 N–H and O–H groups in total. The normalized spacial score (nSPS) is 10.2. The maximum Gasteiger partial charge on any atom is 0.345 e. The molecule has 6 nitrogen and oxygen atoms in total. The Balaban J connectivity index is 2.84. The van der Waals surface area contributed by atoms with Gasteiger partial charge in [0.1, 0.15) is 4.88 Å². The van der Waals surface area contributed by atoms with Gasteiger partial charge in [-0.25, -0.2) is 4.79 Å². The first-order valence-corrected chi connectivity index (χ1v) is 6.68. The summed E-state index contributed by atoms with van der Waals surface area (Å²) in [6.07, 6.45) is 1.64. The molecule has 0 unspecified atom stereocenters. The molecule has 2 amide bonds. The number of aromatic carboxylic acids is 1. The number of primary amides is 1. The second-order valence-electron chi connectivity index (χ2n) is 4.02. The van der Waals surface area contributed by atoms with Crippen LogP contribution in [-0.4, -0.2) is 40.9 Å². The van der Waals surface area contributed by atoms with E-state index in [0.29, 0.717) is 11.4 Å². The Morgan fingerprint density at radius 1 is 1.32 bits per heavy atom. The summed E-state index contributed by atoms with van der Waals surface area (Å²) in [6.45, 7) is 2.25. The number of hydrogen-bond acceptors (Lipinski definition) is 4. The molecule has 0 radical (unpaired) electrons. The Morgan fingerprint density at radius 3 is 2.42 bits per heavy atom. The first kappa shape index (κ1) is 15.2. The molecule has 0 aliphatic heterocycles. The van der Waals surface area contributed by atoms with Crippen molar-refractivity contribution in [1.29, 1.82) is 0 Å². The molecule has 19 heavy (non-hydrogen) atoms. The molecule has 1 aromatic heterocycles. The summed E-state index contributed by atoms with van der Waals surface area (Å²) >= 11 is 0.895. The highest BCUT2D eigenvalue weighted by Gasteiger charge is 2.20. The van der Waals surface area contributed by atoms with Crippen LogP contribution in [0.15, 0.2) is 12.1 Å². The van der Waals surface area contributed by atoms with E-state index in [1.54, 1.807) is 0 Å². The zero-order chi connectivity index (χ0) is 14.4. The van der Waals surface area contributed by atoms with E-state index < -0.39 is 11.9 Å². The lowest BCUT2D eigenvalue weighted by Gasteiger charge is -2.20. The number of carbonyl (C=O) groups excluding carboxylic acids is 2. The van der Waals surface area contributed by atoms with E-state index in [1.807, 2.05) is 6.92 Å². The minimum atomic E-state index is -1.07. The molecule has 104 valence electrons. The van der Waals surface area contributed by atoms with Gasteiger partial charge in [0.05, 0.1) is 11.4 Å². The number of amides is 2. The van der Waals surface area contributed by atoms with Crippen molar-refractivity contribution in [2.24, 2.45) is 5.73 Å². The second-order valence-corrected chi connectivity index (χ2v) is 5.10. The van der Waals surface area contributed by atoms with Gasteiger partial charge in [0.2, 0.25) is 5.91 Å². The van der Waals surface area contributed by atoms with Gasteiger partial charge in [0.25, 0.3) is 5.91 Å². The van der Waals surface area contributed by atoms with E-state index >= 15 is 0 Å². The van der Waals surface area contributed by atoms with E-state index in [0.717, 1.165) is 24.2 Å². The van der Waals surface area contributed by atoms with Crippen molar-refractivity contribution in [3.05, 3.63) is 21.9 Å². The first-order chi connectivity index (χ1) is 8.95. The zero-order valence-corrected chi connectivity index (χ0v) is 11.4. The van der Waals surface area contributed by atoms with Crippen molar-refractivity contribution in [2.75, 3.05) is 13.1 Å². The highest BCUT2D eigenvalue weighted by Crippen LogP contribution is 2.18. The lowest BCUT2D eigenvalue weighted by Crippen LogP contribution is -2.38. The molecule has 0 spiro atoms. The standard InChI is InChI=1S/C12H16N2O4S/c1-2-3-6-14(7-10(13)15)11(16)8-4-5-9(19-8)12(17)18/h4-5H,2-3,6-7H2,1H3,(H2,13,15)(H,17,18). The molecule has 0 atom stereocenters. The fourth-order valence-corrected chi connectivity index (χ4v) is 2.33. The number of carbonyl (C=O) groups is 3. The third-order valence-corrected chi connectivity index (χ3v) is 3.50. The molecule has 1 aromatic rings. The van der Waals surface area contributed by atoms with Crippen LogP contribution in [0.2, 0.25) is 0 Å². The number of carboxylic acid groups (broad SMARTS) is 1. The van der Waals surface area contributed by atoms with E-state index in [2.05, 4.69) is 0 Å². The number of carboxylic acids is 1. The molecule has 0 aliphatic carbocycles. The maximum atomic E-state index is 12.2. The molecule has 0 bridgehead atoms. The van der Waals surface area contributed by atoms with E-state index in [9.17, 15) is 14.4 Å². The van der Waals surface area contributed by atoms with Gasteiger partial charge in [0, 0.05) is 6.54 Å². The average molecular weight is 284 g/mol. The molecule has 0 fully saturated rings. The highest BCUT2D eigenvalue weighted by molar-refractivity contribution is 7.15. The Morgan fingerprint density at radius 2 is 1.95 bits per heavy atom. The van der Waals surface area contributed by atoms with Crippen LogP contribution in [0.5, 0.6) is 0 Å². The number of nitrogens with zero attached hydrogens (tertiary/aromatic N) is 1. The van der Waals surface area contributed by atoms with Crippen molar-refractivity contribution >= 4 is 29.1 Å². The fourth-order valence-electron chi connectivity index (χ4n) is 1.51. The molecule has 0 aliphatic rings. The Labute approximate surface area is 114 Å². The lowest BCUT2D eigenvalue weighted by atomic mass is 10.3. The van der Waals surface area contributed by atoms with Crippen LogP contribution in [0.3, 0.4) is 0 Å². The molecule has 0 aromatic carbocycles. The van der Waals surface area contributed by atoms with Crippen molar-refractivity contribution in [1.82, 2.24) is 4.90 Å². The molecule has 0 saturated heterocycles. The lowest BCUT2D eigenvalue weighted by molar-refractivity contribution is -0.118. The summed E-state index contributed by atoms with van der Waals surface area (Å²) in [5.41, 5.74) is 5.11. The highest BCUT2D eigenvalue weighted by atomic mass is 32.1. The van der Waals surface area contributed by atoms with Crippen LogP contribution in [0.4, 0.5) is 0 Å². The van der Waals surface area contributed by atoms with Gasteiger partial charge in [-0.15, -0.1) is 11.3 Å². The Kier molecular flexibility index (Phi) is 5.50. The largest absolute Gasteiger partial charge is 0.477 e. The predicted octanol–water partition coefficient (Wildman–Crippen LogP) is 1.17. The quantitative estimate of drug-likeness (QED) is 0.784. The van der Waals surface area contributed by atoms with Gasteiger partial charge >= 0.3 is 5.97 Å². The summed E-state index contributed by atoms with van der Waals surface area (Å²) in [4.78, 5) is 35.6. The molecule has 1 heterocycles. The number of thiophene rings is 1. The number of unbranched alkanes of at least 4 members (excludes halogenated alkanes) is 1. The molecule has 7 heteroatoms. The van der Waals surface area contributed by atoms with Crippen molar-refractivity contribution < 1.29 is 19.5 Å². The summed E-state index contributed by atoms with van der Waals surface area (Å²) in [6, 6.07) is 2.83. The predicted molar refractivity (Wildman–Crippen MR) is 71.3 cm³/mol. The van der Waals surface area contributed by atoms with Gasteiger partial charge in [-0.2, -0.15) is 0 Å². The maximum absolute atomic E-state index is 12.2. The summed E-state index contributed by atoms with van der Waals surface area (Å²) in [7, 11) is 0. The van der Waals surface area contributed by atoms with E-state index in [-0.39, 0.29) is 17.3 Å². The minimum absolute atomic E-state index is 0.0952. The second kappa shape index (κ2) is 6.89. The van der Waals surface area contributed by atoms with Crippen LogP contribution < -0.4 is 5.73 Å². The van der Waals surface area contributed by atoms with Crippen LogP contribution in [0.25, 0.3) is 0 Å². The Bertz CT molecular complexity index is 484. The third kappa shape index (κ3) is 4.36. The van der Waals surface area contributed by atoms with Crippen LogP contribution in [0, 0.1) is 0 Å². The Hall–Kier alpha value is -1.89. The van der Waals surface area contributed by atoms with E-state index in [1.165, 1.54) is 17.0 Å². The summed E-state index contributed by atoms with van der Waals surface area (Å²) in [5.74, 6) is -2.01. The average Bonchev–Trinajstić information content (AvgIpc) is 2.82. The smallest absolute Gasteiger partial charge is 0.345 e. The molecule has 0 saturated carbocycles. The minimum Gasteiger partial charge on any atom is -0.477 e. The molecular formula is C12H16N2O4S. The van der Waals surface area contributed by atoms with Crippen molar-refractivity contribution in [3.63, 3.8) is 0 Å². The SMILES string of the molecule is CCCCN(CC(N)=O)C(=O)c1ccc(C(=O)O)s1. The number of hydrogen-bond donors (Lipinski definition) is 2. The zero-order valence-electron chi connectivity index (χ0n) is 10.6. The number of rotatable bonds is 7. The molecule has 1 rings (SSSR count). The third-order valence-electron chi connectivity index (χ3n) is 2.44. The summed E-state index contributed by atoms with van der Waals surface area (Å²) < 4.78 is 0. The summed E-state index contributed by atoms with van der Waals surface area (Å²) in [5, 5.41) is 8.82. The monoisotopic (exact) mass is 284 g/mol. The first-order valence-electron chi connectivity index (χ1n) is 5.86. The van der Waals surface area contributed by atoms with Crippen molar-refractivity contribution in [2.45, 2.75) is 19.8 Å². The van der Waals surface area contributed by atoms with Crippen molar-refractivity contribution in [3.8, 4) is 0 Å². The van der Waals surface area contributed by atoms with Crippen LogP contribution in [-0.2, 0) is 4.79 Å².